The second kappa shape index (κ2) is 11.7. The summed E-state index contributed by atoms with van der Waals surface area (Å²) in [6.07, 6.45) is -8.26. The largest absolute Gasteiger partial charge is 0.542 e. The smallest absolute Gasteiger partial charge is 0.430 e. The highest BCUT2D eigenvalue weighted by atomic mass is 19.4. The number of carbonyl (C=O) groups is 3. The first-order valence-electron chi connectivity index (χ1n) is 12.0. The number of hydrogen-bond donors (Lipinski definition) is 1. The van der Waals surface area contributed by atoms with Gasteiger partial charge in [0.05, 0.1) is 23.4 Å². The van der Waals surface area contributed by atoms with Crippen molar-refractivity contribution in [3.8, 4) is 0 Å². The lowest BCUT2D eigenvalue weighted by atomic mass is 10.0. The summed E-state index contributed by atoms with van der Waals surface area (Å²) in [6.45, 7) is -0.933. The summed E-state index contributed by atoms with van der Waals surface area (Å²) >= 11 is 0. The number of benzene rings is 2. The predicted octanol–water partition coefficient (Wildman–Crippen LogP) is 1.38. The molecule has 2 aliphatic heterocycles. The Kier molecular flexibility index (Phi) is 8.42. The molecule has 0 bridgehead atoms. The molecule has 1 N–H and O–H groups in total. The summed E-state index contributed by atoms with van der Waals surface area (Å²) in [5.74, 6) is -4.51. The third-order valence-electron chi connectivity index (χ3n) is 6.20. The Bertz CT molecular complexity index is 1550. The third-order valence-corrected chi connectivity index (χ3v) is 6.20. The molecule has 1 amide bonds. The van der Waals surface area contributed by atoms with Crippen molar-refractivity contribution < 1.29 is 55.2 Å². The maximum Gasteiger partial charge on any atom is 0.430 e. The van der Waals surface area contributed by atoms with Gasteiger partial charge in [-0.15, -0.1) is 5.10 Å². The summed E-state index contributed by atoms with van der Waals surface area (Å²) in [5.41, 5.74) is 2.26. The molecule has 0 aliphatic carbocycles. The van der Waals surface area contributed by atoms with Gasteiger partial charge in [0.1, 0.15) is 36.8 Å². The van der Waals surface area contributed by atoms with Crippen LogP contribution < -0.4 is 10.1 Å². The number of nitrogens with zero attached hydrogens (tertiary/aromatic N) is 5. The molecule has 42 heavy (non-hydrogen) atoms. The van der Waals surface area contributed by atoms with Crippen molar-refractivity contribution in [2.24, 2.45) is 5.10 Å². The molecule has 0 fully saturated rings. The van der Waals surface area contributed by atoms with Crippen LogP contribution in [0.4, 0.5) is 36.4 Å². The van der Waals surface area contributed by atoms with E-state index in [9.17, 15) is 40.3 Å². The average molecular weight is 600 g/mol. The molecule has 5 rings (SSSR count). The van der Waals surface area contributed by atoms with Gasteiger partial charge >= 0.3 is 12.4 Å². The molecule has 1 atom stereocenters. The van der Waals surface area contributed by atoms with Crippen LogP contribution >= 0.6 is 0 Å². The molecule has 2 aromatic carbocycles. The van der Waals surface area contributed by atoms with Crippen molar-refractivity contribution in [2.75, 3.05) is 6.54 Å². The summed E-state index contributed by atoms with van der Waals surface area (Å²) in [7, 11) is 0. The molecule has 0 saturated heterocycles. The number of halogens is 7. The fourth-order valence-corrected chi connectivity index (χ4v) is 4.31. The maximum atomic E-state index is 14.6. The van der Waals surface area contributed by atoms with E-state index in [0.29, 0.717) is 27.5 Å². The normalized spacial score (nSPS) is 16.3. The number of Topliss-reactive ketones (excluding diaryl/α,β-unsaturated/α-hetero) is 1. The van der Waals surface area contributed by atoms with E-state index in [1.165, 1.54) is 23.2 Å². The Morgan fingerprint density at radius 2 is 1.74 bits per heavy atom. The number of rotatable bonds is 4. The molecule has 3 aromatic rings. The van der Waals surface area contributed by atoms with Gasteiger partial charge in [-0.3, -0.25) is 9.59 Å². The Morgan fingerprint density at radius 3 is 2.40 bits per heavy atom. The van der Waals surface area contributed by atoms with Gasteiger partial charge in [-0.25, -0.2) is 9.07 Å². The van der Waals surface area contributed by atoms with Crippen LogP contribution in [0, 0.1) is 5.82 Å². The van der Waals surface area contributed by atoms with Crippen LogP contribution in [0.5, 0.6) is 0 Å². The van der Waals surface area contributed by atoms with Crippen LogP contribution in [0.3, 0.4) is 0 Å². The van der Waals surface area contributed by atoms with Crippen molar-refractivity contribution in [2.45, 2.75) is 38.4 Å². The van der Waals surface area contributed by atoms with Crippen molar-refractivity contribution in [1.29, 1.82) is 0 Å². The monoisotopic (exact) mass is 600 g/mol. The zero-order valence-electron chi connectivity index (χ0n) is 21.2. The molecular weight excluding hydrogens is 581 g/mol. The number of carboxylic acids is 1. The SMILES string of the molecule is O=C([O-])C(F)(F)F.O=C1C=N[NH+](Cc2ccc(F)c(C(=O)N3CCc4c(nnn4CC(F)(F)F)C3)c2)c2ccccc21. The Morgan fingerprint density at radius 1 is 1.05 bits per heavy atom. The maximum absolute atomic E-state index is 14.6. The van der Waals surface area contributed by atoms with E-state index in [4.69, 9.17) is 9.90 Å². The highest BCUT2D eigenvalue weighted by Gasteiger charge is 2.34. The molecule has 0 radical (unpaired) electrons. The molecule has 3 heterocycles. The van der Waals surface area contributed by atoms with Gasteiger partial charge in [0, 0.05) is 24.6 Å². The minimum absolute atomic E-state index is 0.0627. The van der Waals surface area contributed by atoms with Gasteiger partial charge in [-0.1, -0.05) is 28.5 Å². The molecule has 0 saturated carbocycles. The number of aromatic nitrogens is 3. The van der Waals surface area contributed by atoms with Crippen molar-refractivity contribution in [1.82, 2.24) is 19.9 Å². The van der Waals surface area contributed by atoms with Gasteiger partial charge < -0.3 is 14.8 Å². The second-order valence-corrected chi connectivity index (χ2v) is 9.12. The third kappa shape index (κ3) is 6.96. The van der Waals surface area contributed by atoms with Crippen LogP contribution in [0.15, 0.2) is 47.6 Å². The number of fused-ring (bicyclic) bond motifs is 2. The molecular formula is C25H19F7N6O4. The highest BCUT2D eigenvalue weighted by molar-refractivity contribution is 6.36. The molecule has 10 nitrogen and oxygen atoms in total. The van der Waals surface area contributed by atoms with Crippen molar-refractivity contribution in [3.63, 3.8) is 0 Å². The van der Waals surface area contributed by atoms with Gasteiger partial charge in [-0.05, 0) is 18.2 Å². The number of carboxylic acid groups (broad SMARTS) is 1. The lowest BCUT2D eigenvalue weighted by Gasteiger charge is -2.27. The van der Waals surface area contributed by atoms with Crippen molar-refractivity contribution >= 4 is 29.6 Å². The highest BCUT2D eigenvalue weighted by Crippen LogP contribution is 2.24. The van der Waals surface area contributed by atoms with Crippen molar-refractivity contribution in [3.05, 3.63) is 76.4 Å². The number of nitrogens with one attached hydrogen (secondary N) is 1. The molecule has 222 valence electrons. The minimum atomic E-state index is -5.19. The quantitative estimate of drug-likeness (QED) is 0.452. The number of quaternary nitrogens is 1. The van der Waals surface area contributed by atoms with Crippen LogP contribution in [0.2, 0.25) is 0 Å². The van der Waals surface area contributed by atoms with E-state index in [2.05, 4.69) is 15.4 Å². The zero-order chi connectivity index (χ0) is 30.8. The van der Waals surface area contributed by atoms with Crippen LogP contribution in [0.25, 0.3) is 0 Å². The lowest BCUT2D eigenvalue weighted by molar-refractivity contribution is -0.854. The zero-order valence-corrected chi connectivity index (χ0v) is 21.2. The molecule has 1 unspecified atom stereocenters. The number of hydrogen-bond acceptors (Lipinski definition) is 7. The summed E-state index contributed by atoms with van der Waals surface area (Å²) in [6, 6.07) is 11.2. The van der Waals surface area contributed by atoms with Crippen LogP contribution in [-0.4, -0.2) is 62.7 Å². The molecule has 17 heteroatoms. The second-order valence-electron chi connectivity index (χ2n) is 9.12. The van der Waals surface area contributed by atoms with E-state index in [1.54, 1.807) is 30.3 Å². The fraction of sp³-hybridized carbons (Fsp3) is 0.280. The Labute approximate surface area is 231 Å². The van der Waals surface area contributed by atoms with E-state index < -0.39 is 36.6 Å². The number of aliphatic carboxylic acids is 1. The Balaban J connectivity index is 0.000000517. The number of ketones is 1. The van der Waals surface area contributed by atoms with Gasteiger partial charge in [-0.2, -0.15) is 31.4 Å². The van der Waals surface area contributed by atoms with E-state index in [-0.39, 0.29) is 43.1 Å². The predicted molar refractivity (Wildman–Crippen MR) is 126 cm³/mol. The number of carbonyl (C=O) groups excluding carboxylic acids is 3. The first-order chi connectivity index (χ1) is 19.6. The number of alkyl halides is 6. The van der Waals surface area contributed by atoms with Gasteiger partial charge in [0.25, 0.3) is 5.91 Å². The van der Waals surface area contributed by atoms with Crippen LogP contribution in [-0.2, 0) is 30.8 Å². The van der Waals surface area contributed by atoms with E-state index in [0.717, 1.165) is 4.68 Å². The number of para-hydroxylation sites is 1. The van der Waals surface area contributed by atoms with Crippen LogP contribution in [0.1, 0.15) is 37.7 Å². The average Bonchev–Trinajstić information content (AvgIpc) is 3.31. The van der Waals surface area contributed by atoms with Gasteiger partial charge in [0.15, 0.2) is 5.69 Å². The molecule has 0 spiro atoms. The Hall–Kier alpha value is -4.67. The topological polar surface area (TPSA) is 125 Å². The molecule has 1 aromatic heterocycles. The number of amides is 1. The van der Waals surface area contributed by atoms with Gasteiger partial charge in [0.2, 0.25) is 5.78 Å². The first-order valence-corrected chi connectivity index (χ1v) is 12.0. The summed E-state index contributed by atoms with van der Waals surface area (Å²) in [5, 5.41) is 21.0. The van der Waals surface area contributed by atoms with E-state index in [1.807, 2.05) is 0 Å². The summed E-state index contributed by atoms with van der Waals surface area (Å²) in [4.78, 5) is 35.3. The summed E-state index contributed by atoms with van der Waals surface area (Å²) < 4.78 is 85.2. The standard InChI is InChI=1S/C23H18F4N6O2.C2HF3O2/c24-17-6-5-14(11-32-19-4-2-1-3-15(19)21(34)10-28-32)9-16(17)22(35)31-8-7-20-18(12-31)29-30-33(20)13-23(25,26)27;3-2(4,5)1(6)7/h1-6,9-10H,7-8,11-13H2;(H,6,7). The van der Waals surface area contributed by atoms with E-state index >= 15 is 0 Å². The minimum Gasteiger partial charge on any atom is -0.542 e. The first kappa shape index (κ1) is 30.3. The molecule has 2 aliphatic rings. The fourth-order valence-electron chi connectivity index (χ4n) is 4.31. The lowest BCUT2D eigenvalue weighted by Crippen LogP contribution is -3.01.